The molecule has 0 spiro atoms. The third kappa shape index (κ3) is 2.63. The van der Waals surface area contributed by atoms with Crippen LogP contribution in [0.3, 0.4) is 0 Å². The van der Waals surface area contributed by atoms with Gasteiger partial charge in [0.1, 0.15) is 0 Å². The van der Waals surface area contributed by atoms with Crippen LogP contribution in [0.4, 0.5) is 0 Å². The summed E-state index contributed by atoms with van der Waals surface area (Å²) in [5.74, 6) is 0.799. The van der Waals surface area contributed by atoms with Crippen molar-refractivity contribution in [2.75, 3.05) is 0 Å². The first-order chi connectivity index (χ1) is 7.68. The fraction of sp³-hybridized carbons (Fsp3) is 0.500. The van der Waals surface area contributed by atoms with Crippen molar-refractivity contribution in [3.8, 4) is 0 Å². The highest BCUT2D eigenvalue weighted by molar-refractivity contribution is 5.84. The summed E-state index contributed by atoms with van der Waals surface area (Å²) in [5.41, 5.74) is 1.16. The van der Waals surface area contributed by atoms with E-state index in [1.54, 1.807) is 0 Å². The maximum atomic E-state index is 12.1. The molecule has 1 atom stereocenters. The van der Waals surface area contributed by atoms with Gasteiger partial charge in [-0.05, 0) is 38.2 Å². The van der Waals surface area contributed by atoms with Gasteiger partial charge < -0.3 is 5.32 Å². The van der Waals surface area contributed by atoms with Gasteiger partial charge in [0.25, 0.3) is 0 Å². The van der Waals surface area contributed by atoms with E-state index >= 15 is 0 Å². The molecule has 86 valence electrons. The van der Waals surface area contributed by atoms with E-state index in [1.165, 1.54) is 12.8 Å². The highest BCUT2D eigenvalue weighted by atomic mass is 16.1. The topological polar surface area (TPSA) is 29.1 Å². The molecule has 1 aromatic carbocycles. The van der Waals surface area contributed by atoms with Gasteiger partial charge in [0.05, 0.1) is 5.92 Å². The number of carbonyl (C=O) groups excluding carboxylic acids is 1. The second-order valence-electron chi connectivity index (χ2n) is 4.89. The van der Waals surface area contributed by atoms with Crippen LogP contribution < -0.4 is 5.32 Å². The van der Waals surface area contributed by atoms with Crippen LogP contribution in [0.25, 0.3) is 0 Å². The van der Waals surface area contributed by atoms with Gasteiger partial charge in [0.15, 0.2) is 0 Å². The molecule has 1 aliphatic carbocycles. The van der Waals surface area contributed by atoms with Gasteiger partial charge in [-0.2, -0.15) is 0 Å². The third-order valence-electron chi connectivity index (χ3n) is 2.97. The normalized spacial score (nSPS) is 17.2. The molecule has 0 saturated heterocycles. The van der Waals surface area contributed by atoms with Crippen molar-refractivity contribution in [1.29, 1.82) is 0 Å². The van der Waals surface area contributed by atoms with E-state index in [0.29, 0.717) is 5.92 Å². The molecular weight excluding hydrogens is 198 g/mol. The van der Waals surface area contributed by atoms with Gasteiger partial charge >= 0.3 is 0 Å². The summed E-state index contributed by atoms with van der Waals surface area (Å²) in [7, 11) is 0. The number of nitrogens with one attached hydrogen (secondary N) is 1. The molecule has 0 aliphatic heterocycles. The summed E-state index contributed by atoms with van der Waals surface area (Å²) >= 11 is 0. The highest BCUT2D eigenvalue weighted by Crippen LogP contribution is 2.42. The van der Waals surface area contributed by atoms with Crippen LogP contribution in [0.2, 0.25) is 0 Å². The van der Waals surface area contributed by atoms with Crippen molar-refractivity contribution >= 4 is 5.91 Å². The fourth-order valence-corrected chi connectivity index (χ4v) is 2.10. The SMILES string of the molecule is CC(C)NC(=O)C(c1ccccc1)C1CC1. The predicted octanol–water partition coefficient (Wildman–Crippen LogP) is 2.70. The molecule has 1 N–H and O–H groups in total. The van der Waals surface area contributed by atoms with E-state index in [-0.39, 0.29) is 17.9 Å². The largest absolute Gasteiger partial charge is 0.353 e. The average Bonchev–Trinajstić information content (AvgIpc) is 3.03. The van der Waals surface area contributed by atoms with Crippen molar-refractivity contribution < 1.29 is 4.79 Å². The molecule has 1 saturated carbocycles. The standard InChI is InChI=1S/C14H19NO/c1-10(2)15-14(16)13(12-8-9-12)11-6-4-3-5-7-11/h3-7,10,12-13H,8-9H2,1-2H3,(H,15,16). The minimum atomic E-state index is 0.0589. The minimum absolute atomic E-state index is 0.0589. The quantitative estimate of drug-likeness (QED) is 0.825. The van der Waals surface area contributed by atoms with E-state index in [4.69, 9.17) is 0 Å². The fourth-order valence-electron chi connectivity index (χ4n) is 2.10. The van der Waals surface area contributed by atoms with Crippen LogP contribution >= 0.6 is 0 Å². The molecular formula is C14H19NO. The minimum Gasteiger partial charge on any atom is -0.353 e. The lowest BCUT2D eigenvalue weighted by Gasteiger charge is -2.18. The van der Waals surface area contributed by atoms with Crippen LogP contribution in [0.5, 0.6) is 0 Å². The van der Waals surface area contributed by atoms with E-state index in [0.717, 1.165) is 5.56 Å². The lowest BCUT2D eigenvalue weighted by atomic mass is 9.93. The first-order valence-electron chi connectivity index (χ1n) is 6.04. The average molecular weight is 217 g/mol. The number of hydrogen-bond donors (Lipinski definition) is 1. The summed E-state index contributed by atoms with van der Waals surface area (Å²) in [4.78, 5) is 12.1. The Balaban J connectivity index is 2.14. The number of rotatable bonds is 4. The van der Waals surface area contributed by atoms with Gasteiger partial charge in [-0.3, -0.25) is 4.79 Å². The number of benzene rings is 1. The van der Waals surface area contributed by atoms with Crippen LogP contribution in [-0.4, -0.2) is 11.9 Å². The molecule has 2 heteroatoms. The summed E-state index contributed by atoms with van der Waals surface area (Å²) < 4.78 is 0. The molecule has 1 aromatic rings. The van der Waals surface area contributed by atoms with E-state index in [1.807, 2.05) is 32.0 Å². The maximum Gasteiger partial charge on any atom is 0.228 e. The third-order valence-corrected chi connectivity index (χ3v) is 2.97. The van der Waals surface area contributed by atoms with Crippen molar-refractivity contribution in [3.63, 3.8) is 0 Å². The molecule has 0 radical (unpaired) electrons. The first-order valence-corrected chi connectivity index (χ1v) is 6.04. The van der Waals surface area contributed by atoms with Crippen molar-refractivity contribution in [1.82, 2.24) is 5.32 Å². The van der Waals surface area contributed by atoms with Crippen LogP contribution in [0.15, 0.2) is 30.3 Å². The zero-order valence-electron chi connectivity index (χ0n) is 9.94. The lowest BCUT2D eigenvalue weighted by molar-refractivity contribution is -0.123. The van der Waals surface area contributed by atoms with E-state index < -0.39 is 0 Å². The smallest absolute Gasteiger partial charge is 0.228 e. The Morgan fingerprint density at radius 1 is 1.25 bits per heavy atom. The summed E-state index contributed by atoms with van der Waals surface area (Å²) in [6.45, 7) is 4.01. The van der Waals surface area contributed by atoms with E-state index in [2.05, 4.69) is 17.4 Å². The van der Waals surface area contributed by atoms with Crippen LogP contribution in [0, 0.1) is 5.92 Å². The lowest BCUT2D eigenvalue weighted by Crippen LogP contribution is -2.35. The summed E-state index contributed by atoms with van der Waals surface area (Å²) in [6, 6.07) is 10.3. The second-order valence-corrected chi connectivity index (χ2v) is 4.89. The molecule has 0 bridgehead atoms. The monoisotopic (exact) mass is 217 g/mol. The Morgan fingerprint density at radius 2 is 1.88 bits per heavy atom. The first kappa shape index (κ1) is 11.2. The molecule has 0 heterocycles. The number of amides is 1. The Labute approximate surface area is 97.1 Å². The van der Waals surface area contributed by atoms with Gasteiger partial charge in [-0.15, -0.1) is 0 Å². The molecule has 2 rings (SSSR count). The molecule has 1 unspecified atom stereocenters. The summed E-state index contributed by atoms with van der Waals surface area (Å²) in [5, 5.41) is 3.02. The Kier molecular flexibility index (Phi) is 3.28. The van der Waals surface area contributed by atoms with Crippen LogP contribution in [0.1, 0.15) is 38.2 Å². The molecule has 16 heavy (non-hydrogen) atoms. The maximum absolute atomic E-state index is 12.1. The van der Waals surface area contributed by atoms with Gasteiger partial charge in [0.2, 0.25) is 5.91 Å². The number of carbonyl (C=O) groups is 1. The Bertz CT molecular complexity index is 354. The molecule has 0 aromatic heterocycles. The highest BCUT2D eigenvalue weighted by Gasteiger charge is 2.37. The zero-order chi connectivity index (χ0) is 11.5. The second kappa shape index (κ2) is 4.69. The van der Waals surface area contributed by atoms with Crippen LogP contribution in [-0.2, 0) is 4.79 Å². The molecule has 1 amide bonds. The predicted molar refractivity (Wildman–Crippen MR) is 65.2 cm³/mol. The van der Waals surface area contributed by atoms with Gasteiger partial charge in [-0.1, -0.05) is 30.3 Å². The molecule has 2 nitrogen and oxygen atoms in total. The van der Waals surface area contributed by atoms with Gasteiger partial charge in [-0.25, -0.2) is 0 Å². The van der Waals surface area contributed by atoms with Crippen molar-refractivity contribution in [2.45, 2.75) is 38.6 Å². The van der Waals surface area contributed by atoms with Crippen molar-refractivity contribution in [3.05, 3.63) is 35.9 Å². The number of hydrogen-bond acceptors (Lipinski definition) is 1. The van der Waals surface area contributed by atoms with E-state index in [9.17, 15) is 4.79 Å². The summed E-state index contributed by atoms with van der Waals surface area (Å²) in [6.07, 6.45) is 2.37. The van der Waals surface area contributed by atoms with Gasteiger partial charge in [0, 0.05) is 6.04 Å². The zero-order valence-corrected chi connectivity index (χ0v) is 9.94. The Morgan fingerprint density at radius 3 is 2.38 bits per heavy atom. The Hall–Kier alpha value is -1.31. The molecule has 1 aliphatic rings. The molecule has 1 fully saturated rings. The van der Waals surface area contributed by atoms with Crippen molar-refractivity contribution in [2.24, 2.45) is 5.92 Å².